The van der Waals surface area contributed by atoms with E-state index in [1.807, 2.05) is 31.2 Å². The van der Waals surface area contributed by atoms with Crippen molar-refractivity contribution in [3.05, 3.63) is 74.3 Å². The Balaban J connectivity index is 1.75. The van der Waals surface area contributed by atoms with Gasteiger partial charge in [0.25, 0.3) is 5.56 Å². The number of aromatic nitrogens is 3. The molecular weight excluding hydrogens is 520 g/mol. The third-order valence-electron chi connectivity index (χ3n) is 7.41. The fourth-order valence-electron chi connectivity index (χ4n) is 5.02. The zero-order chi connectivity index (χ0) is 27.9. The molecule has 3 aromatic heterocycles. The van der Waals surface area contributed by atoms with Crippen LogP contribution in [0, 0.1) is 13.8 Å². The number of hydrogen-bond acceptors (Lipinski definition) is 8. The number of thiophene rings is 1. The smallest absolute Gasteiger partial charge is 0.333 e. The molecular formula is C28H32N4O6S. The Morgan fingerprint density at radius 3 is 2.59 bits per heavy atom. The lowest BCUT2D eigenvalue weighted by Crippen LogP contribution is -2.54. The van der Waals surface area contributed by atoms with Crippen LogP contribution in [0.15, 0.2) is 50.7 Å². The zero-order valence-corrected chi connectivity index (χ0v) is 23.2. The van der Waals surface area contributed by atoms with Gasteiger partial charge in [-0.1, -0.05) is 24.3 Å². The SMILES string of the molecule is Cc1ccccc1[C@H](Cn1c(=O)n(C(C)(C)C(N)=O)c(=O)c2c(C)c(-c3ncco3)sc21)OC1CCOCC1. The van der Waals surface area contributed by atoms with E-state index in [2.05, 4.69) is 4.98 Å². The number of amides is 1. The van der Waals surface area contributed by atoms with Crippen LogP contribution in [0.3, 0.4) is 0 Å². The van der Waals surface area contributed by atoms with Gasteiger partial charge in [0, 0.05) is 13.2 Å². The van der Waals surface area contributed by atoms with Crippen molar-refractivity contribution in [2.24, 2.45) is 5.73 Å². The van der Waals surface area contributed by atoms with Crippen molar-refractivity contribution in [2.75, 3.05) is 13.2 Å². The molecule has 1 aliphatic heterocycles. The first-order valence-corrected chi connectivity index (χ1v) is 13.7. The molecule has 206 valence electrons. The maximum atomic E-state index is 14.1. The summed E-state index contributed by atoms with van der Waals surface area (Å²) in [4.78, 5) is 45.8. The van der Waals surface area contributed by atoms with Gasteiger partial charge in [-0.05, 0) is 57.2 Å². The first kappa shape index (κ1) is 27.0. The standard InChI is InChI=1S/C28H32N4O6S/c1-16-7-5-6-8-19(16)20(38-18-9-12-36-13-10-18)15-31-25-21(17(2)22(39-25)23-30-11-14-37-23)24(33)32(27(31)35)28(3,4)26(29)34/h5-8,11,14,18,20H,9-10,12-13,15H2,1-4H3,(H2,29,34)/t20-/m0/s1. The molecule has 0 spiro atoms. The predicted molar refractivity (Wildman–Crippen MR) is 148 cm³/mol. The molecule has 1 amide bonds. The minimum atomic E-state index is -1.57. The summed E-state index contributed by atoms with van der Waals surface area (Å²) >= 11 is 1.25. The topological polar surface area (TPSA) is 132 Å². The van der Waals surface area contributed by atoms with E-state index in [1.165, 1.54) is 42.2 Å². The van der Waals surface area contributed by atoms with Gasteiger partial charge >= 0.3 is 5.69 Å². The maximum Gasteiger partial charge on any atom is 0.333 e. The molecule has 0 bridgehead atoms. The lowest BCUT2D eigenvalue weighted by Gasteiger charge is -2.30. The second kappa shape index (κ2) is 10.6. The van der Waals surface area contributed by atoms with Gasteiger partial charge in [-0.15, -0.1) is 11.3 Å². The number of fused-ring (bicyclic) bond motifs is 1. The number of ether oxygens (including phenoxy) is 2. The average molecular weight is 553 g/mol. The third kappa shape index (κ3) is 4.86. The van der Waals surface area contributed by atoms with Crippen molar-refractivity contribution in [1.29, 1.82) is 0 Å². The van der Waals surface area contributed by atoms with E-state index in [0.29, 0.717) is 39.8 Å². The Kier molecular flexibility index (Phi) is 7.32. The number of oxazole rings is 1. The lowest BCUT2D eigenvalue weighted by molar-refractivity contribution is -0.125. The van der Waals surface area contributed by atoms with Crippen LogP contribution in [0.5, 0.6) is 0 Å². The van der Waals surface area contributed by atoms with Crippen LogP contribution in [-0.4, -0.2) is 39.3 Å². The number of carbonyl (C=O) groups excluding carboxylic acids is 1. The molecule has 5 rings (SSSR count). The molecule has 39 heavy (non-hydrogen) atoms. The molecule has 0 aliphatic carbocycles. The Morgan fingerprint density at radius 1 is 1.23 bits per heavy atom. The van der Waals surface area contributed by atoms with Gasteiger partial charge in [0.05, 0.1) is 29.1 Å². The number of aryl methyl sites for hydroxylation is 2. The molecule has 0 unspecified atom stereocenters. The number of carbonyl (C=O) groups is 1. The first-order chi connectivity index (χ1) is 18.6. The van der Waals surface area contributed by atoms with Crippen LogP contribution >= 0.6 is 11.3 Å². The van der Waals surface area contributed by atoms with E-state index in [0.717, 1.165) is 28.5 Å². The molecule has 4 aromatic rings. The zero-order valence-electron chi connectivity index (χ0n) is 22.4. The highest BCUT2D eigenvalue weighted by molar-refractivity contribution is 7.22. The first-order valence-electron chi connectivity index (χ1n) is 12.9. The quantitative estimate of drug-likeness (QED) is 0.353. The van der Waals surface area contributed by atoms with Crippen LogP contribution in [0.4, 0.5) is 0 Å². The number of nitrogens with two attached hydrogens (primary N) is 1. The van der Waals surface area contributed by atoms with Crippen molar-refractivity contribution >= 4 is 27.5 Å². The van der Waals surface area contributed by atoms with E-state index in [-0.39, 0.29) is 12.6 Å². The summed E-state index contributed by atoms with van der Waals surface area (Å²) in [5.74, 6) is -0.441. The second-order valence-electron chi connectivity index (χ2n) is 10.3. The molecule has 0 saturated carbocycles. The molecule has 1 aliphatic rings. The molecule has 11 heteroatoms. The minimum absolute atomic E-state index is 0.0459. The highest BCUT2D eigenvalue weighted by Crippen LogP contribution is 2.37. The summed E-state index contributed by atoms with van der Waals surface area (Å²) in [6.07, 6.45) is 3.93. The second-order valence-corrected chi connectivity index (χ2v) is 11.3. The van der Waals surface area contributed by atoms with Gasteiger partial charge in [0.15, 0.2) is 0 Å². The van der Waals surface area contributed by atoms with Crippen LogP contribution in [0.25, 0.3) is 21.0 Å². The molecule has 1 aromatic carbocycles. The Morgan fingerprint density at radius 2 is 1.95 bits per heavy atom. The van der Waals surface area contributed by atoms with Crippen LogP contribution < -0.4 is 17.0 Å². The number of benzene rings is 1. The molecule has 10 nitrogen and oxygen atoms in total. The molecule has 4 heterocycles. The van der Waals surface area contributed by atoms with Gasteiger partial charge in [-0.3, -0.25) is 14.2 Å². The molecule has 1 fully saturated rings. The van der Waals surface area contributed by atoms with Gasteiger partial charge in [-0.2, -0.15) is 0 Å². The van der Waals surface area contributed by atoms with E-state index in [4.69, 9.17) is 19.6 Å². The van der Waals surface area contributed by atoms with Crippen molar-refractivity contribution in [3.8, 4) is 10.8 Å². The summed E-state index contributed by atoms with van der Waals surface area (Å²) in [6, 6.07) is 7.88. The Bertz CT molecular complexity index is 1630. The largest absolute Gasteiger partial charge is 0.444 e. The Hall–Kier alpha value is -3.54. The Labute approximate surface area is 229 Å². The van der Waals surface area contributed by atoms with Gasteiger partial charge in [-0.25, -0.2) is 14.3 Å². The van der Waals surface area contributed by atoms with Crippen molar-refractivity contribution in [1.82, 2.24) is 14.1 Å². The number of nitrogens with zero attached hydrogens (tertiary/aromatic N) is 3. The van der Waals surface area contributed by atoms with Crippen molar-refractivity contribution in [3.63, 3.8) is 0 Å². The maximum absolute atomic E-state index is 14.1. The number of hydrogen-bond donors (Lipinski definition) is 1. The van der Waals surface area contributed by atoms with Gasteiger partial charge in [0.2, 0.25) is 11.8 Å². The monoisotopic (exact) mass is 552 g/mol. The fourth-order valence-corrected chi connectivity index (χ4v) is 6.26. The van der Waals surface area contributed by atoms with Crippen molar-refractivity contribution in [2.45, 2.75) is 64.8 Å². The average Bonchev–Trinajstić information content (AvgIpc) is 3.55. The minimum Gasteiger partial charge on any atom is -0.444 e. The molecule has 1 atom stereocenters. The van der Waals surface area contributed by atoms with E-state index >= 15 is 0 Å². The number of rotatable bonds is 8. The van der Waals surface area contributed by atoms with E-state index in [9.17, 15) is 14.4 Å². The summed E-state index contributed by atoms with van der Waals surface area (Å²) in [6.45, 7) is 8.07. The summed E-state index contributed by atoms with van der Waals surface area (Å²) in [7, 11) is 0. The summed E-state index contributed by atoms with van der Waals surface area (Å²) < 4.78 is 20.2. The number of primary amides is 1. The normalized spacial score (nSPS) is 15.6. The molecule has 1 saturated heterocycles. The third-order valence-corrected chi connectivity index (χ3v) is 8.71. The van der Waals surface area contributed by atoms with Gasteiger partial charge < -0.3 is 19.6 Å². The van der Waals surface area contributed by atoms with Crippen LogP contribution in [0.1, 0.15) is 49.5 Å². The van der Waals surface area contributed by atoms with Gasteiger partial charge in [0.1, 0.15) is 22.7 Å². The molecule has 0 radical (unpaired) electrons. The van der Waals surface area contributed by atoms with E-state index < -0.39 is 28.8 Å². The van der Waals surface area contributed by atoms with Crippen LogP contribution in [-0.2, 0) is 26.4 Å². The lowest BCUT2D eigenvalue weighted by atomic mass is 10.0. The predicted octanol–water partition coefficient (Wildman–Crippen LogP) is 3.65. The fraction of sp³-hybridized carbons (Fsp3) is 0.429. The van der Waals surface area contributed by atoms with Crippen LogP contribution in [0.2, 0.25) is 0 Å². The highest BCUT2D eigenvalue weighted by atomic mass is 32.1. The summed E-state index contributed by atoms with van der Waals surface area (Å²) in [5.41, 5.74) is 5.48. The molecule has 2 N–H and O–H groups in total. The highest BCUT2D eigenvalue weighted by Gasteiger charge is 2.35. The summed E-state index contributed by atoms with van der Waals surface area (Å²) in [5, 5.41) is 0.316. The van der Waals surface area contributed by atoms with E-state index in [1.54, 1.807) is 6.92 Å². The van der Waals surface area contributed by atoms with Crippen molar-refractivity contribution < 1.29 is 18.7 Å².